The molecule has 1 aromatic heterocycles. The number of hydrogen-bond acceptors (Lipinski definition) is 4. The Morgan fingerprint density at radius 3 is 3.06 bits per heavy atom. The SMILES string of the molecule is Nc1ccc2nc(CCSCCO)[nH]c2c1. The molecule has 2 rings (SSSR count). The highest BCUT2D eigenvalue weighted by molar-refractivity contribution is 7.99. The number of aromatic amines is 1. The third-order valence-electron chi connectivity index (χ3n) is 2.27. The predicted octanol–water partition coefficient (Wildman–Crippen LogP) is 1.41. The molecule has 0 radical (unpaired) electrons. The smallest absolute Gasteiger partial charge is 0.108 e. The van der Waals surface area contributed by atoms with E-state index >= 15 is 0 Å². The second kappa shape index (κ2) is 5.23. The number of nitrogen functional groups attached to an aromatic ring is 1. The second-order valence-electron chi connectivity index (χ2n) is 3.55. The highest BCUT2D eigenvalue weighted by Crippen LogP contribution is 2.15. The van der Waals surface area contributed by atoms with Crippen LogP contribution >= 0.6 is 11.8 Å². The number of aliphatic hydroxyl groups is 1. The van der Waals surface area contributed by atoms with Crippen molar-refractivity contribution >= 4 is 28.5 Å². The van der Waals surface area contributed by atoms with Crippen molar-refractivity contribution in [3.05, 3.63) is 24.0 Å². The van der Waals surface area contributed by atoms with Gasteiger partial charge in [-0.15, -0.1) is 0 Å². The number of nitrogens with one attached hydrogen (secondary N) is 1. The molecule has 4 nitrogen and oxygen atoms in total. The zero-order chi connectivity index (χ0) is 11.4. The Kier molecular flexibility index (Phi) is 3.69. The molecule has 1 heterocycles. The number of nitrogens with zero attached hydrogens (tertiary/aromatic N) is 1. The fraction of sp³-hybridized carbons (Fsp3) is 0.364. The molecule has 0 aliphatic heterocycles. The van der Waals surface area contributed by atoms with Crippen molar-refractivity contribution in [1.82, 2.24) is 9.97 Å². The lowest BCUT2D eigenvalue weighted by Crippen LogP contribution is -1.94. The molecule has 1 aromatic carbocycles. The normalized spacial score (nSPS) is 11.1. The number of fused-ring (bicyclic) bond motifs is 1. The van der Waals surface area contributed by atoms with Gasteiger partial charge in [0.05, 0.1) is 17.6 Å². The minimum atomic E-state index is 0.237. The van der Waals surface area contributed by atoms with Crippen LogP contribution in [0.25, 0.3) is 11.0 Å². The topological polar surface area (TPSA) is 74.9 Å². The number of anilines is 1. The molecule has 0 saturated heterocycles. The zero-order valence-corrected chi connectivity index (χ0v) is 9.76. The number of thioether (sulfide) groups is 1. The van der Waals surface area contributed by atoms with Gasteiger partial charge in [-0.05, 0) is 18.2 Å². The van der Waals surface area contributed by atoms with Crippen LogP contribution in [0.4, 0.5) is 5.69 Å². The van der Waals surface area contributed by atoms with Crippen molar-refractivity contribution in [3.8, 4) is 0 Å². The molecule has 0 atom stereocenters. The van der Waals surface area contributed by atoms with Crippen LogP contribution in [0.2, 0.25) is 0 Å². The Hall–Kier alpha value is -1.20. The number of nitrogens with two attached hydrogens (primary N) is 1. The third-order valence-corrected chi connectivity index (χ3v) is 3.24. The zero-order valence-electron chi connectivity index (χ0n) is 8.94. The van der Waals surface area contributed by atoms with E-state index in [-0.39, 0.29) is 6.61 Å². The van der Waals surface area contributed by atoms with E-state index in [1.807, 2.05) is 18.2 Å². The Morgan fingerprint density at radius 2 is 2.25 bits per heavy atom. The van der Waals surface area contributed by atoms with E-state index in [0.717, 1.165) is 40.5 Å². The Balaban J connectivity index is 2.02. The quantitative estimate of drug-likeness (QED) is 0.543. The summed E-state index contributed by atoms with van der Waals surface area (Å²) in [6.45, 7) is 0.237. The second-order valence-corrected chi connectivity index (χ2v) is 4.77. The number of rotatable bonds is 5. The van der Waals surface area contributed by atoms with Gasteiger partial charge in [0.25, 0.3) is 0 Å². The highest BCUT2D eigenvalue weighted by atomic mass is 32.2. The van der Waals surface area contributed by atoms with E-state index in [1.165, 1.54) is 0 Å². The molecule has 0 fully saturated rings. The fourth-order valence-electron chi connectivity index (χ4n) is 1.53. The maximum absolute atomic E-state index is 8.65. The Morgan fingerprint density at radius 1 is 1.38 bits per heavy atom. The lowest BCUT2D eigenvalue weighted by Gasteiger charge is -1.95. The third kappa shape index (κ3) is 2.68. The minimum Gasteiger partial charge on any atom is -0.399 e. The number of aliphatic hydroxyl groups excluding tert-OH is 1. The van der Waals surface area contributed by atoms with Crippen molar-refractivity contribution in [3.63, 3.8) is 0 Å². The van der Waals surface area contributed by atoms with Crippen LogP contribution in [0.5, 0.6) is 0 Å². The molecule has 0 bridgehead atoms. The van der Waals surface area contributed by atoms with Gasteiger partial charge in [0.1, 0.15) is 5.82 Å². The summed E-state index contributed by atoms with van der Waals surface area (Å²) < 4.78 is 0. The summed E-state index contributed by atoms with van der Waals surface area (Å²) in [6.07, 6.45) is 0.888. The van der Waals surface area contributed by atoms with E-state index in [2.05, 4.69) is 9.97 Å². The van der Waals surface area contributed by atoms with E-state index in [9.17, 15) is 0 Å². The fourth-order valence-corrected chi connectivity index (χ4v) is 2.20. The number of aromatic nitrogens is 2. The standard InChI is InChI=1S/C11H15N3OS/c12-8-1-2-9-10(7-8)14-11(13-9)3-5-16-6-4-15/h1-2,7,15H,3-6,12H2,(H,13,14). The number of imidazole rings is 1. The molecule has 0 aliphatic carbocycles. The van der Waals surface area contributed by atoms with Crippen LogP contribution < -0.4 is 5.73 Å². The van der Waals surface area contributed by atoms with Crippen molar-refractivity contribution in [2.75, 3.05) is 23.8 Å². The molecule has 0 saturated carbocycles. The summed E-state index contributed by atoms with van der Waals surface area (Å²) in [7, 11) is 0. The molecule has 0 spiro atoms. The molecule has 86 valence electrons. The van der Waals surface area contributed by atoms with Crippen LogP contribution in [0.15, 0.2) is 18.2 Å². The van der Waals surface area contributed by atoms with E-state index in [1.54, 1.807) is 11.8 Å². The molecular weight excluding hydrogens is 222 g/mol. The van der Waals surface area contributed by atoms with Crippen molar-refractivity contribution in [1.29, 1.82) is 0 Å². The summed E-state index contributed by atoms with van der Waals surface area (Å²) in [5.74, 6) is 2.73. The summed E-state index contributed by atoms with van der Waals surface area (Å²) in [4.78, 5) is 7.71. The van der Waals surface area contributed by atoms with Crippen molar-refractivity contribution in [2.24, 2.45) is 0 Å². The van der Waals surface area contributed by atoms with Gasteiger partial charge >= 0.3 is 0 Å². The lowest BCUT2D eigenvalue weighted by molar-refractivity contribution is 0.322. The molecule has 0 aliphatic rings. The van der Waals surface area contributed by atoms with Crippen LogP contribution in [0.3, 0.4) is 0 Å². The van der Waals surface area contributed by atoms with Gasteiger partial charge in [0, 0.05) is 23.6 Å². The molecule has 16 heavy (non-hydrogen) atoms. The maximum atomic E-state index is 8.65. The lowest BCUT2D eigenvalue weighted by atomic mass is 10.3. The minimum absolute atomic E-state index is 0.237. The first-order chi connectivity index (χ1) is 7.79. The van der Waals surface area contributed by atoms with E-state index < -0.39 is 0 Å². The van der Waals surface area contributed by atoms with Gasteiger partial charge in [-0.3, -0.25) is 0 Å². The highest BCUT2D eigenvalue weighted by Gasteiger charge is 2.02. The van der Waals surface area contributed by atoms with Gasteiger partial charge < -0.3 is 15.8 Å². The number of hydrogen-bond donors (Lipinski definition) is 3. The van der Waals surface area contributed by atoms with Crippen molar-refractivity contribution < 1.29 is 5.11 Å². The van der Waals surface area contributed by atoms with Crippen LogP contribution in [-0.4, -0.2) is 33.2 Å². The monoisotopic (exact) mass is 237 g/mol. The first kappa shape index (κ1) is 11.3. The van der Waals surface area contributed by atoms with E-state index in [4.69, 9.17) is 10.8 Å². The Labute approximate surface area is 98.3 Å². The van der Waals surface area contributed by atoms with Crippen LogP contribution in [0.1, 0.15) is 5.82 Å². The number of aryl methyl sites for hydroxylation is 1. The summed E-state index contributed by atoms with van der Waals surface area (Å²) >= 11 is 1.73. The molecule has 5 heteroatoms. The molecule has 2 aromatic rings. The largest absolute Gasteiger partial charge is 0.399 e. The Bertz CT molecular complexity index is 469. The molecule has 0 unspecified atom stereocenters. The summed E-state index contributed by atoms with van der Waals surface area (Å²) in [6, 6.07) is 5.67. The number of H-pyrrole nitrogens is 1. The molecular formula is C11H15N3OS. The summed E-state index contributed by atoms with van der Waals surface area (Å²) in [5, 5.41) is 8.65. The average Bonchev–Trinajstić information content (AvgIpc) is 2.66. The van der Waals surface area contributed by atoms with Crippen LogP contribution in [0, 0.1) is 0 Å². The molecule has 0 amide bonds. The van der Waals surface area contributed by atoms with E-state index in [0.29, 0.717) is 0 Å². The first-order valence-corrected chi connectivity index (χ1v) is 6.38. The predicted molar refractivity (Wildman–Crippen MR) is 68.6 cm³/mol. The van der Waals surface area contributed by atoms with Gasteiger partial charge in [-0.25, -0.2) is 4.98 Å². The average molecular weight is 237 g/mol. The number of benzene rings is 1. The molecule has 4 N–H and O–H groups in total. The first-order valence-electron chi connectivity index (χ1n) is 5.22. The van der Waals surface area contributed by atoms with Gasteiger partial charge in [0.15, 0.2) is 0 Å². The van der Waals surface area contributed by atoms with Gasteiger partial charge in [-0.2, -0.15) is 11.8 Å². The van der Waals surface area contributed by atoms with Crippen molar-refractivity contribution in [2.45, 2.75) is 6.42 Å². The van der Waals surface area contributed by atoms with Crippen LogP contribution in [-0.2, 0) is 6.42 Å². The maximum Gasteiger partial charge on any atom is 0.108 e. The summed E-state index contributed by atoms with van der Waals surface area (Å²) in [5.41, 5.74) is 8.38. The van der Waals surface area contributed by atoms with Gasteiger partial charge in [-0.1, -0.05) is 0 Å². The van der Waals surface area contributed by atoms with Gasteiger partial charge in [0.2, 0.25) is 0 Å².